The molecule has 0 aliphatic heterocycles. The molecule has 0 aromatic rings. The summed E-state index contributed by atoms with van der Waals surface area (Å²) >= 11 is 0. The molecule has 178 valence electrons. The van der Waals surface area contributed by atoms with E-state index >= 15 is 0 Å². The molecule has 0 fully saturated rings. The van der Waals surface area contributed by atoms with Gasteiger partial charge in [-0.2, -0.15) is 27.0 Å². The minimum absolute atomic E-state index is 0. The van der Waals surface area contributed by atoms with Gasteiger partial charge in [-0.25, -0.2) is 26.4 Å². The average Bonchev–Trinajstić information content (AvgIpc) is 2.33. The van der Waals surface area contributed by atoms with E-state index in [4.69, 9.17) is 5.14 Å². The van der Waals surface area contributed by atoms with Crippen molar-refractivity contribution in [3.8, 4) is 0 Å². The zero-order valence-electron chi connectivity index (χ0n) is 19.1. The van der Waals surface area contributed by atoms with Crippen LogP contribution in [0, 0.1) is 11.8 Å². The minimum atomic E-state index is -3.29. The van der Waals surface area contributed by atoms with Crippen LogP contribution in [0.2, 0.25) is 18.1 Å². The van der Waals surface area contributed by atoms with Crippen LogP contribution in [-0.2, 0) is 20.0 Å². The Morgan fingerprint density at radius 3 is 1.55 bits per heavy atom. The molecule has 0 rings (SSSR count). The Bertz CT molecular complexity index is 672. The SMILES string of the molecule is C=CC[C@H](C)CS(=O)(=O)N[Si](C)(C)C(C)(C)C.C=CC[C@H](C)CS(N)(=O)=O.S.S. The fraction of sp³-hybridized carbons (Fsp3) is 0.778. The van der Waals surface area contributed by atoms with Gasteiger partial charge in [-0.3, -0.25) is 0 Å². The summed E-state index contributed by atoms with van der Waals surface area (Å²) in [5.74, 6) is 0.423. The minimum Gasteiger partial charge on any atom is -0.237 e. The summed E-state index contributed by atoms with van der Waals surface area (Å²) in [4.78, 5) is 0. The third-order valence-corrected chi connectivity index (χ3v) is 13.5. The average molecular weight is 509 g/mol. The molecule has 0 saturated heterocycles. The van der Waals surface area contributed by atoms with E-state index in [0.717, 1.165) is 6.42 Å². The number of nitrogens with two attached hydrogens (primary N) is 1. The van der Waals surface area contributed by atoms with E-state index in [1.165, 1.54) is 0 Å². The van der Waals surface area contributed by atoms with Crippen molar-refractivity contribution >= 4 is 55.3 Å². The summed E-state index contributed by atoms with van der Waals surface area (Å²) < 4.78 is 48.0. The predicted octanol–water partition coefficient (Wildman–Crippen LogP) is 3.84. The fourth-order valence-corrected chi connectivity index (χ4v) is 8.54. The lowest BCUT2D eigenvalue weighted by Gasteiger charge is -2.37. The lowest BCUT2D eigenvalue weighted by atomic mass is 10.1. The van der Waals surface area contributed by atoms with Crippen LogP contribution in [0.4, 0.5) is 0 Å². The zero-order valence-corrected chi connectivity index (χ0v) is 23.7. The summed E-state index contributed by atoms with van der Waals surface area (Å²) in [6.45, 7) is 21.3. The second kappa shape index (κ2) is 15.1. The molecule has 0 aromatic heterocycles. The second-order valence-electron chi connectivity index (χ2n) is 8.85. The van der Waals surface area contributed by atoms with E-state index in [9.17, 15) is 16.8 Å². The first kappa shape index (κ1) is 36.6. The van der Waals surface area contributed by atoms with Gasteiger partial charge in [-0.1, -0.05) is 59.9 Å². The number of rotatable bonds is 10. The lowest BCUT2D eigenvalue weighted by Crippen LogP contribution is -2.55. The van der Waals surface area contributed by atoms with Crippen LogP contribution in [0.1, 0.15) is 47.5 Å². The summed E-state index contributed by atoms with van der Waals surface area (Å²) in [5, 5.41) is 4.82. The Balaban J connectivity index is -0.000000226. The highest BCUT2D eigenvalue weighted by molar-refractivity contribution is 7.91. The van der Waals surface area contributed by atoms with Crippen molar-refractivity contribution in [1.29, 1.82) is 0 Å². The van der Waals surface area contributed by atoms with Crippen LogP contribution in [0.15, 0.2) is 25.3 Å². The summed E-state index contributed by atoms with van der Waals surface area (Å²) in [6, 6.07) is 0. The highest BCUT2D eigenvalue weighted by Crippen LogP contribution is 2.34. The first-order valence-electron chi connectivity index (χ1n) is 9.10. The van der Waals surface area contributed by atoms with Crippen LogP contribution in [0.25, 0.3) is 0 Å². The third-order valence-electron chi connectivity index (χ3n) is 4.44. The van der Waals surface area contributed by atoms with Gasteiger partial charge in [0.1, 0.15) is 8.24 Å². The van der Waals surface area contributed by atoms with Crippen LogP contribution < -0.4 is 9.53 Å². The molecular weight excluding hydrogens is 465 g/mol. The molecular formula is C18H44N2O4S4Si. The Labute approximate surface area is 195 Å². The monoisotopic (exact) mass is 508 g/mol. The van der Waals surface area contributed by atoms with Crippen LogP contribution >= 0.6 is 27.0 Å². The third kappa shape index (κ3) is 19.9. The standard InChI is InChI=1S/C12H27NO2SSi.C6H13NO2S.2H2S/c1-8-9-11(2)10-16(14,15)13-17(6,7)12(3,4)5;1-3-4-6(2)5-10(7,8)9;;/h8,11,13H,1,9-10H2,2-7H3;3,6H,1,4-5H2,2H3,(H2,7,8,9);2*1H2/t11-;6-;;/m00../s1. The number of hydrogen-bond acceptors (Lipinski definition) is 4. The molecule has 3 N–H and O–H groups in total. The smallest absolute Gasteiger partial charge is 0.209 e. The maximum absolute atomic E-state index is 12.1. The summed E-state index contributed by atoms with van der Waals surface area (Å²) in [7, 11) is -8.47. The van der Waals surface area contributed by atoms with Gasteiger partial charge in [0, 0.05) is 0 Å². The van der Waals surface area contributed by atoms with Crippen LogP contribution in [0.3, 0.4) is 0 Å². The maximum Gasteiger partial charge on any atom is 0.209 e. The molecule has 0 radical (unpaired) electrons. The summed E-state index contributed by atoms with van der Waals surface area (Å²) in [5.41, 5.74) is 0. The van der Waals surface area contributed by atoms with Gasteiger partial charge in [0.2, 0.25) is 20.0 Å². The second-order valence-corrected chi connectivity index (χ2v) is 17.6. The van der Waals surface area contributed by atoms with Gasteiger partial charge in [0.25, 0.3) is 0 Å². The maximum atomic E-state index is 12.1. The topological polar surface area (TPSA) is 106 Å². The van der Waals surface area contributed by atoms with E-state index in [1.807, 2.05) is 13.8 Å². The van der Waals surface area contributed by atoms with Crippen molar-refractivity contribution in [2.75, 3.05) is 11.5 Å². The highest BCUT2D eigenvalue weighted by atomic mass is 32.2. The van der Waals surface area contributed by atoms with Crippen molar-refractivity contribution < 1.29 is 16.8 Å². The highest BCUT2D eigenvalue weighted by Gasteiger charge is 2.39. The zero-order chi connectivity index (χ0) is 22.1. The van der Waals surface area contributed by atoms with Gasteiger partial charge in [-0.15, -0.1) is 13.2 Å². The van der Waals surface area contributed by atoms with Crippen molar-refractivity contribution in [1.82, 2.24) is 4.39 Å². The van der Waals surface area contributed by atoms with E-state index in [1.54, 1.807) is 12.2 Å². The van der Waals surface area contributed by atoms with E-state index in [0.29, 0.717) is 6.42 Å². The van der Waals surface area contributed by atoms with E-state index < -0.39 is 28.3 Å². The number of primary sulfonamides is 1. The Morgan fingerprint density at radius 2 is 1.28 bits per heavy atom. The van der Waals surface area contributed by atoms with Gasteiger partial charge in [0.15, 0.2) is 0 Å². The quantitative estimate of drug-likeness (QED) is 0.345. The van der Waals surface area contributed by atoms with Gasteiger partial charge in [-0.05, 0) is 29.7 Å². The molecule has 0 aromatic carbocycles. The van der Waals surface area contributed by atoms with Crippen molar-refractivity contribution in [3.05, 3.63) is 25.3 Å². The molecule has 6 nitrogen and oxygen atoms in total. The van der Waals surface area contributed by atoms with Crippen molar-refractivity contribution in [3.63, 3.8) is 0 Å². The molecule has 29 heavy (non-hydrogen) atoms. The number of nitrogens with one attached hydrogen (secondary N) is 1. The Kier molecular flexibility index (Phi) is 19.0. The molecule has 2 atom stereocenters. The van der Waals surface area contributed by atoms with Gasteiger partial charge < -0.3 is 0 Å². The number of sulfonamides is 2. The molecule has 0 heterocycles. The molecule has 0 saturated carbocycles. The van der Waals surface area contributed by atoms with E-state index in [2.05, 4.69) is 51.4 Å². The van der Waals surface area contributed by atoms with Crippen LogP contribution in [0.5, 0.6) is 0 Å². The number of hydrogen-bond donors (Lipinski definition) is 2. The van der Waals surface area contributed by atoms with Gasteiger partial charge in [0.05, 0.1) is 11.5 Å². The largest absolute Gasteiger partial charge is 0.237 e. The molecule has 0 aliphatic carbocycles. The molecule has 0 unspecified atom stereocenters. The van der Waals surface area contributed by atoms with Crippen LogP contribution in [-0.4, -0.2) is 36.6 Å². The predicted molar refractivity (Wildman–Crippen MR) is 141 cm³/mol. The summed E-state index contributed by atoms with van der Waals surface area (Å²) in [6.07, 6.45) is 4.89. The van der Waals surface area contributed by atoms with Crippen molar-refractivity contribution in [2.24, 2.45) is 17.0 Å². The van der Waals surface area contributed by atoms with Crippen molar-refractivity contribution in [2.45, 2.75) is 65.6 Å². The lowest BCUT2D eigenvalue weighted by molar-refractivity contribution is 0.567. The molecule has 0 spiro atoms. The Hall–Kier alpha value is 0.217. The van der Waals surface area contributed by atoms with Gasteiger partial charge >= 0.3 is 0 Å². The first-order valence-corrected chi connectivity index (χ1v) is 15.5. The molecule has 0 bridgehead atoms. The fourth-order valence-electron chi connectivity index (χ4n) is 2.06. The normalized spacial score (nSPS) is 14.2. The molecule has 0 amide bonds. The first-order chi connectivity index (χ1) is 11.9. The number of allylic oxidation sites excluding steroid dienone is 2. The van der Waals surface area contributed by atoms with E-state index in [-0.39, 0.29) is 55.4 Å². The molecule has 0 aliphatic rings. The molecule has 11 heteroatoms. The Morgan fingerprint density at radius 1 is 0.931 bits per heavy atom.